The van der Waals surface area contributed by atoms with Crippen molar-refractivity contribution in [3.8, 4) is 0 Å². The Hall–Kier alpha value is -1.25. The molecule has 1 aromatic heterocycles. The second-order valence-corrected chi connectivity index (χ2v) is 5.84. The van der Waals surface area contributed by atoms with Gasteiger partial charge in [0.15, 0.2) is 0 Å². The maximum absolute atomic E-state index is 14.5. The minimum absolute atomic E-state index is 0.0921. The van der Waals surface area contributed by atoms with Crippen molar-refractivity contribution in [2.45, 2.75) is 31.6 Å². The molecule has 1 aromatic rings. The van der Waals surface area contributed by atoms with Crippen molar-refractivity contribution in [1.29, 1.82) is 0 Å². The van der Waals surface area contributed by atoms with Crippen LogP contribution in [0.5, 0.6) is 0 Å². The van der Waals surface area contributed by atoms with E-state index < -0.39 is 17.1 Å². The Kier molecular flexibility index (Phi) is 3.85. The summed E-state index contributed by atoms with van der Waals surface area (Å²) >= 11 is 6.02. The van der Waals surface area contributed by atoms with Crippen LogP contribution in [0.25, 0.3) is 0 Å². The smallest absolute Gasteiger partial charge is 0.328 e. The Balaban J connectivity index is 1.78. The van der Waals surface area contributed by atoms with E-state index >= 15 is 0 Å². The van der Waals surface area contributed by atoms with Crippen LogP contribution in [0.3, 0.4) is 0 Å². The molecule has 9 heteroatoms. The van der Waals surface area contributed by atoms with E-state index in [1.165, 1.54) is 11.6 Å². The molecular weight excluding hydrogens is 303 g/mol. The van der Waals surface area contributed by atoms with Gasteiger partial charge in [-0.3, -0.25) is 15.0 Å². The predicted octanol–water partition coefficient (Wildman–Crippen LogP) is 1.74. The molecule has 116 valence electrons. The second-order valence-electron chi connectivity index (χ2n) is 5.48. The molecule has 2 atom stereocenters. The number of nitrogens with zero attached hydrogens (tertiary/aromatic N) is 4. The lowest BCUT2D eigenvalue weighted by atomic mass is 10.0. The fraction of sp³-hybridized carbons (Fsp3) is 0.750. The molecule has 2 fully saturated rings. The zero-order chi connectivity index (χ0) is 15.1. The normalized spacial score (nSPS) is 27.6. The highest BCUT2D eigenvalue weighted by Gasteiger charge is 2.38. The zero-order valence-corrected chi connectivity index (χ0v) is 12.3. The van der Waals surface area contributed by atoms with Gasteiger partial charge in [0.1, 0.15) is 11.9 Å². The van der Waals surface area contributed by atoms with Gasteiger partial charge in [-0.1, -0.05) is 11.6 Å². The Morgan fingerprint density at radius 3 is 2.71 bits per heavy atom. The molecule has 0 aromatic carbocycles. The molecule has 0 spiro atoms. The number of hydrogen-bond acceptors (Lipinski definition) is 5. The molecule has 0 N–H and O–H groups in total. The molecule has 2 aliphatic heterocycles. The van der Waals surface area contributed by atoms with Gasteiger partial charge in [0.25, 0.3) is 0 Å². The lowest BCUT2D eigenvalue weighted by Gasteiger charge is -2.42. The van der Waals surface area contributed by atoms with E-state index in [4.69, 9.17) is 16.3 Å². The molecule has 0 saturated carbocycles. The minimum Gasteiger partial charge on any atom is -0.378 e. The summed E-state index contributed by atoms with van der Waals surface area (Å²) in [4.78, 5) is 12.4. The van der Waals surface area contributed by atoms with E-state index in [0.717, 1.165) is 0 Å². The monoisotopic (exact) mass is 318 g/mol. The molecule has 7 nitrogen and oxygen atoms in total. The molecule has 2 unspecified atom stereocenters. The number of hydrogen-bond donors (Lipinski definition) is 0. The topological polar surface area (TPSA) is 73.4 Å². The van der Waals surface area contributed by atoms with Crippen LogP contribution in [0.4, 0.5) is 10.1 Å². The summed E-state index contributed by atoms with van der Waals surface area (Å²) in [6.45, 7) is 3.79. The maximum Gasteiger partial charge on any atom is 0.328 e. The van der Waals surface area contributed by atoms with Gasteiger partial charge in [-0.05, 0) is 13.3 Å². The summed E-state index contributed by atoms with van der Waals surface area (Å²) < 4.78 is 20.8. The van der Waals surface area contributed by atoms with Crippen LogP contribution < -0.4 is 0 Å². The molecule has 2 saturated heterocycles. The lowest BCUT2D eigenvalue weighted by Crippen LogP contribution is -2.55. The number of piperidine rings is 1. The van der Waals surface area contributed by atoms with Crippen molar-refractivity contribution in [1.82, 2.24) is 14.7 Å². The van der Waals surface area contributed by atoms with E-state index in [2.05, 4.69) is 10.00 Å². The summed E-state index contributed by atoms with van der Waals surface area (Å²) in [6.07, 6.45) is -0.633. The highest BCUT2D eigenvalue weighted by molar-refractivity contribution is 6.31. The molecular formula is C12H16ClFN4O3. The summed E-state index contributed by atoms with van der Waals surface area (Å²) in [5.74, 6) is 0. The first-order valence-corrected chi connectivity index (χ1v) is 7.21. The Morgan fingerprint density at radius 2 is 2.24 bits per heavy atom. The SMILES string of the molecule is Cc1nn(C2CCN(C3COC3)CC2F)c(Cl)c1[N+](=O)[O-]. The number of likely N-dealkylation sites (tertiary alicyclic amines) is 1. The minimum atomic E-state index is -1.16. The predicted molar refractivity (Wildman–Crippen MR) is 73.4 cm³/mol. The molecule has 0 radical (unpaired) electrons. The second kappa shape index (κ2) is 5.51. The van der Waals surface area contributed by atoms with Gasteiger partial charge in [-0.2, -0.15) is 5.10 Å². The fourth-order valence-electron chi connectivity index (χ4n) is 2.89. The van der Waals surface area contributed by atoms with Gasteiger partial charge >= 0.3 is 5.69 Å². The average molecular weight is 319 g/mol. The summed E-state index contributed by atoms with van der Waals surface area (Å²) in [5, 5.41) is 14.9. The number of aromatic nitrogens is 2. The van der Waals surface area contributed by atoms with E-state index in [1.807, 2.05) is 0 Å². The van der Waals surface area contributed by atoms with Crippen molar-refractivity contribution in [3.63, 3.8) is 0 Å². The lowest BCUT2D eigenvalue weighted by molar-refractivity contribution is -0.385. The molecule has 2 aliphatic rings. The molecule has 0 bridgehead atoms. The quantitative estimate of drug-likeness (QED) is 0.627. The van der Waals surface area contributed by atoms with Crippen LogP contribution >= 0.6 is 11.6 Å². The number of ether oxygens (including phenoxy) is 1. The number of rotatable bonds is 3. The number of nitro groups is 1. The summed E-state index contributed by atoms with van der Waals surface area (Å²) in [5.41, 5.74) is -0.0225. The van der Waals surface area contributed by atoms with Crippen molar-refractivity contribution < 1.29 is 14.1 Å². The number of aryl methyl sites for hydroxylation is 1. The molecule has 3 heterocycles. The van der Waals surface area contributed by atoms with Crippen LogP contribution in [0.1, 0.15) is 18.2 Å². The summed E-state index contributed by atoms with van der Waals surface area (Å²) in [6, 6.07) is -0.268. The molecule has 0 aliphatic carbocycles. The van der Waals surface area contributed by atoms with Crippen molar-refractivity contribution in [3.05, 3.63) is 21.0 Å². The van der Waals surface area contributed by atoms with Gasteiger partial charge in [-0.15, -0.1) is 0 Å². The van der Waals surface area contributed by atoms with Crippen LogP contribution in [-0.2, 0) is 4.74 Å². The van der Waals surface area contributed by atoms with Gasteiger partial charge in [0.2, 0.25) is 5.15 Å². The summed E-state index contributed by atoms with van der Waals surface area (Å²) in [7, 11) is 0. The van der Waals surface area contributed by atoms with Crippen LogP contribution in [0.15, 0.2) is 0 Å². The first-order chi connectivity index (χ1) is 9.99. The van der Waals surface area contributed by atoms with Crippen molar-refractivity contribution in [2.75, 3.05) is 26.3 Å². The third-order valence-corrected chi connectivity index (χ3v) is 4.52. The van der Waals surface area contributed by atoms with Gasteiger partial charge in [-0.25, -0.2) is 9.07 Å². The van der Waals surface area contributed by atoms with Gasteiger partial charge < -0.3 is 4.74 Å². The van der Waals surface area contributed by atoms with Gasteiger partial charge in [0.05, 0.1) is 30.2 Å². The third kappa shape index (κ3) is 2.51. The van der Waals surface area contributed by atoms with E-state index in [9.17, 15) is 14.5 Å². The van der Waals surface area contributed by atoms with Crippen LogP contribution in [0.2, 0.25) is 5.15 Å². The highest BCUT2D eigenvalue weighted by Crippen LogP contribution is 2.35. The molecule has 0 amide bonds. The zero-order valence-electron chi connectivity index (χ0n) is 11.5. The Morgan fingerprint density at radius 1 is 1.52 bits per heavy atom. The Labute approximate surface area is 125 Å². The first kappa shape index (κ1) is 14.7. The van der Waals surface area contributed by atoms with Crippen LogP contribution in [-0.4, -0.2) is 58.1 Å². The van der Waals surface area contributed by atoms with Gasteiger partial charge in [0, 0.05) is 13.1 Å². The Bertz CT molecular complexity index is 563. The molecule has 3 rings (SSSR count). The first-order valence-electron chi connectivity index (χ1n) is 6.84. The largest absolute Gasteiger partial charge is 0.378 e. The molecule has 21 heavy (non-hydrogen) atoms. The van der Waals surface area contributed by atoms with E-state index in [0.29, 0.717) is 26.2 Å². The van der Waals surface area contributed by atoms with E-state index in [-0.39, 0.29) is 29.1 Å². The highest BCUT2D eigenvalue weighted by atomic mass is 35.5. The van der Waals surface area contributed by atoms with Crippen molar-refractivity contribution in [2.24, 2.45) is 0 Å². The number of alkyl halides is 1. The maximum atomic E-state index is 14.5. The average Bonchev–Trinajstić information content (AvgIpc) is 2.62. The van der Waals surface area contributed by atoms with Crippen LogP contribution in [0, 0.1) is 17.0 Å². The van der Waals surface area contributed by atoms with Crippen molar-refractivity contribution >= 4 is 17.3 Å². The van der Waals surface area contributed by atoms with E-state index in [1.54, 1.807) is 0 Å². The fourth-order valence-corrected chi connectivity index (χ4v) is 3.26. The number of halogens is 2. The third-order valence-electron chi connectivity index (χ3n) is 4.17. The standard InChI is InChI=1S/C12H16ClFN4O3/c1-7-11(18(19)20)12(13)17(15-7)10-2-3-16(4-9(10)14)8-5-21-6-8/h8-10H,2-6H2,1H3.